The normalized spacial score (nSPS) is 20.6. The molecule has 1 aliphatic heterocycles. The standard InChI is InChI=1S/C35H40N2O8/c1-5-6-12-28(31-30(39)32(43-4)33(44-31)37-22-21-29(38)36-34(37)40)45-35(23-10-8-7-9-11-23,24-13-17-26(41-2)18-14-24)25-15-19-27(42-3)20-16-25/h7-11,13-22,28,30-33,39H,5-6,12H2,1-4H3,(H,36,38,40)/t28-,30+,31-,32?,33-/m1/s1. The van der Waals surface area contributed by atoms with Crippen molar-refractivity contribution in [3.8, 4) is 11.5 Å². The molecule has 0 amide bonds. The van der Waals surface area contributed by atoms with Crippen LogP contribution < -0.4 is 20.7 Å². The van der Waals surface area contributed by atoms with Gasteiger partial charge < -0.3 is 28.8 Å². The number of unbranched alkanes of at least 4 members (excludes halogenated alkanes) is 1. The molecule has 0 radical (unpaired) electrons. The maximum Gasteiger partial charge on any atom is 0.330 e. The molecule has 2 heterocycles. The average molecular weight is 617 g/mol. The molecule has 5 rings (SSSR count). The van der Waals surface area contributed by atoms with Crippen LogP contribution in [0.15, 0.2) is 101 Å². The summed E-state index contributed by atoms with van der Waals surface area (Å²) in [6, 6.07) is 26.6. The minimum absolute atomic E-state index is 0.531. The van der Waals surface area contributed by atoms with Crippen molar-refractivity contribution in [2.45, 2.75) is 62.4 Å². The van der Waals surface area contributed by atoms with Gasteiger partial charge in [0.15, 0.2) is 6.23 Å². The van der Waals surface area contributed by atoms with E-state index in [1.54, 1.807) is 14.2 Å². The maximum absolute atomic E-state index is 12.8. The number of hydrogen-bond donors (Lipinski definition) is 2. The van der Waals surface area contributed by atoms with Crippen LogP contribution in [0.3, 0.4) is 0 Å². The topological polar surface area (TPSA) is 121 Å². The number of nitrogens with one attached hydrogen (secondary N) is 1. The van der Waals surface area contributed by atoms with E-state index in [0.29, 0.717) is 17.9 Å². The zero-order chi connectivity index (χ0) is 32.0. The predicted octanol–water partition coefficient (Wildman–Crippen LogP) is 4.39. The molecule has 45 heavy (non-hydrogen) atoms. The molecule has 1 aromatic heterocycles. The molecular weight excluding hydrogens is 576 g/mol. The molecule has 1 fully saturated rings. The number of ether oxygens (including phenoxy) is 5. The van der Waals surface area contributed by atoms with Crippen LogP contribution in [0.25, 0.3) is 0 Å². The second-order valence-corrected chi connectivity index (χ2v) is 11.0. The lowest BCUT2D eigenvalue weighted by molar-refractivity contribution is -0.147. The number of aliphatic hydroxyl groups excluding tert-OH is 1. The first-order valence-corrected chi connectivity index (χ1v) is 15.1. The Bertz CT molecular complexity index is 1590. The molecule has 0 aliphatic carbocycles. The first-order chi connectivity index (χ1) is 21.9. The van der Waals surface area contributed by atoms with E-state index in [9.17, 15) is 14.7 Å². The highest BCUT2D eigenvalue weighted by molar-refractivity contribution is 5.50. The fourth-order valence-electron chi connectivity index (χ4n) is 6.04. The van der Waals surface area contributed by atoms with Gasteiger partial charge in [-0.05, 0) is 47.4 Å². The van der Waals surface area contributed by atoms with Crippen molar-refractivity contribution in [1.29, 1.82) is 0 Å². The second kappa shape index (κ2) is 14.3. The summed E-state index contributed by atoms with van der Waals surface area (Å²) >= 11 is 0. The Kier molecular flexibility index (Phi) is 10.2. The number of hydrogen-bond acceptors (Lipinski definition) is 8. The van der Waals surface area contributed by atoms with Crippen LogP contribution in [0, 0.1) is 0 Å². The SMILES string of the molecule is CCCC[C@@H](OC(c1ccccc1)(c1ccc(OC)cc1)c1ccc(OC)cc1)[C@H]1O[C@@H](n2ccc(=O)[nH]c2=O)C(OC)[C@H]1O. The summed E-state index contributed by atoms with van der Waals surface area (Å²) < 4.78 is 31.7. The highest BCUT2D eigenvalue weighted by Gasteiger charge is 2.51. The third-order valence-electron chi connectivity index (χ3n) is 8.36. The summed E-state index contributed by atoms with van der Waals surface area (Å²) in [4.78, 5) is 26.8. The molecule has 1 saturated heterocycles. The predicted molar refractivity (Wildman–Crippen MR) is 169 cm³/mol. The molecule has 1 aliphatic rings. The van der Waals surface area contributed by atoms with Gasteiger partial charge in [0.2, 0.25) is 0 Å². The number of aromatic nitrogens is 2. The fraction of sp³-hybridized carbons (Fsp3) is 0.371. The lowest BCUT2D eigenvalue weighted by Crippen LogP contribution is -2.46. The first-order valence-electron chi connectivity index (χ1n) is 15.1. The first kappa shape index (κ1) is 32.2. The van der Waals surface area contributed by atoms with E-state index in [1.807, 2.05) is 78.9 Å². The van der Waals surface area contributed by atoms with Gasteiger partial charge >= 0.3 is 5.69 Å². The van der Waals surface area contributed by atoms with E-state index in [1.165, 1.54) is 23.9 Å². The molecule has 0 spiro atoms. The Morgan fingerprint density at radius 1 is 0.867 bits per heavy atom. The van der Waals surface area contributed by atoms with E-state index in [4.69, 9.17) is 23.7 Å². The smallest absolute Gasteiger partial charge is 0.330 e. The number of aromatic amines is 1. The van der Waals surface area contributed by atoms with Crippen LogP contribution in [0.1, 0.15) is 49.1 Å². The molecule has 3 aromatic carbocycles. The molecular formula is C35H40N2O8. The van der Waals surface area contributed by atoms with Gasteiger partial charge in [0.05, 0.1) is 20.3 Å². The van der Waals surface area contributed by atoms with E-state index in [0.717, 1.165) is 29.5 Å². The van der Waals surface area contributed by atoms with Gasteiger partial charge in [-0.3, -0.25) is 14.3 Å². The summed E-state index contributed by atoms with van der Waals surface area (Å²) in [5.41, 5.74) is 0.192. The summed E-state index contributed by atoms with van der Waals surface area (Å²) in [7, 11) is 4.69. The third kappa shape index (κ3) is 6.46. The Morgan fingerprint density at radius 3 is 1.96 bits per heavy atom. The third-order valence-corrected chi connectivity index (χ3v) is 8.36. The summed E-state index contributed by atoms with van der Waals surface area (Å²) in [5, 5.41) is 11.7. The van der Waals surface area contributed by atoms with Gasteiger partial charge in [0.25, 0.3) is 5.56 Å². The number of benzene rings is 3. The molecule has 10 heteroatoms. The minimum Gasteiger partial charge on any atom is -0.497 e. The van der Waals surface area contributed by atoms with Crippen LogP contribution in [-0.2, 0) is 19.8 Å². The molecule has 5 atom stereocenters. The molecule has 2 N–H and O–H groups in total. The molecule has 1 unspecified atom stereocenters. The fourth-order valence-corrected chi connectivity index (χ4v) is 6.04. The van der Waals surface area contributed by atoms with E-state index in [-0.39, 0.29) is 0 Å². The van der Waals surface area contributed by atoms with Crippen molar-refractivity contribution in [3.05, 3.63) is 129 Å². The van der Waals surface area contributed by atoms with Gasteiger partial charge in [-0.1, -0.05) is 74.4 Å². The number of H-pyrrole nitrogens is 1. The van der Waals surface area contributed by atoms with Gasteiger partial charge in [-0.25, -0.2) is 4.79 Å². The molecule has 0 bridgehead atoms. The van der Waals surface area contributed by atoms with E-state index < -0.39 is 47.5 Å². The van der Waals surface area contributed by atoms with Crippen molar-refractivity contribution in [3.63, 3.8) is 0 Å². The highest BCUT2D eigenvalue weighted by atomic mass is 16.6. The second-order valence-electron chi connectivity index (χ2n) is 11.0. The van der Waals surface area contributed by atoms with E-state index >= 15 is 0 Å². The lowest BCUT2D eigenvalue weighted by atomic mass is 9.79. The lowest BCUT2D eigenvalue weighted by Gasteiger charge is -2.41. The van der Waals surface area contributed by atoms with Gasteiger partial charge in [-0.15, -0.1) is 0 Å². The summed E-state index contributed by atoms with van der Waals surface area (Å²) in [6.45, 7) is 2.08. The number of rotatable bonds is 13. The Labute approximate surface area is 262 Å². The van der Waals surface area contributed by atoms with Crippen LogP contribution in [-0.4, -0.2) is 60.4 Å². The maximum atomic E-state index is 12.8. The van der Waals surface area contributed by atoms with Crippen molar-refractivity contribution < 1.29 is 28.8 Å². The summed E-state index contributed by atoms with van der Waals surface area (Å²) in [5.74, 6) is 1.40. The van der Waals surface area contributed by atoms with Crippen LogP contribution >= 0.6 is 0 Å². The Hall–Kier alpha value is -4.22. The van der Waals surface area contributed by atoms with Crippen LogP contribution in [0.4, 0.5) is 0 Å². The monoisotopic (exact) mass is 616 g/mol. The molecule has 10 nitrogen and oxygen atoms in total. The largest absolute Gasteiger partial charge is 0.497 e. The highest BCUT2D eigenvalue weighted by Crippen LogP contribution is 2.45. The van der Waals surface area contributed by atoms with Crippen molar-refractivity contribution in [2.75, 3.05) is 21.3 Å². The minimum atomic E-state index is -1.16. The number of aliphatic hydroxyl groups is 1. The molecule has 4 aromatic rings. The van der Waals surface area contributed by atoms with Crippen LogP contribution in [0.2, 0.25) is 0 Å². The van der Waals surface area contributed by atoms with Crippen molar-refractivity contribution in [1.82, 2.24) is 9.55 Å². The Balaban J connectivity index is 1.67. The average Bonchev–Trinajstić information content (AvgIpc) is 3.41. The van der Waals surface area contributed by atoms with E-state index in [2.05, 4.69) is 11.9 Å². The zero-order valence-corrected chi connectivity index (χ0v) is 25.9. The Morgan fingerprint density at radius 2 is 1.44 bits per heavy atom. The molecule has 0 saturated carbocycles. The summed E-state index contributed by atoms with van der Waals surface area (Å²) in [6.07, 6.45) is -1.05. The van der Waals surface area contributed by atoms with Gasteiger partial charge in [0, 0.05) is 19.4 Å². The quantitative estimate of drug-likeness (QED) is 0.212. The van der Waals surface area contributed by atoms with Crippen LogP contribution in [0.5, 0.6) is 11.5 Å². The zero-order valence-electron chi connectivity index (χ0n) is 25.9. The molecule has 238 valence electrons. The van der Waals surface area contributed by atoms with Gasteiger partial charge in [-0.2, -0.15) is 0 Å². The van der Waals surface area contributed by atoms with Crippen molar-refractivity contribution >= 4 is 0 Å². The number of nitrogens with zero attached hydrogens (tertiary/aromatic N) is 1. The number of methoxy groups -OCH3 is 3. The van der Waals surface area contributed by atoms with Gasteiger partial charge in [0.1, 0.15) is 35.4 Å². The van der Waals surface area contributed by atoms with Crippen molar-refractivity contribution in [2.24, 2.45) is 0 Å².